The lowest BCUT2D eigenvalue weighted by Crippen LogP contribution is -2.44. The maximum Gasteiger partial charge on any atom is 0.152 e. The van der Waals surface area contributed by atoms with Crippen molar-refractivity contribution in [3.63, 3.8) is 0 Å². The van der Waals surface area contributed by atoms with Crippen molar-refractivity contribution < 1.29 is 17.9 Å². The number of ether oxygens (including phenoxy) is 2. The molecule has 4 heterocycles. The van der Waals surface area contributed by atoms with Crippen LogP contribution in [0.1, 0.15) is 31.7 Å². The highest BCUT2D eigenvalue weighted by Gasteiger charge is 2.34. The van der Waals surface area contributed by atoms with Gasteiger partial charge in [0.15, 0.2) is 9.84 Å². The van der Waals surface area contributed by atoms with Crippen LogP contribution in [0.4, 0.5) is 5.82 Å². The number of nitrogen functional groups attached to an aromatic ring is 1. The summed E-state index contributed by atoms with van der Waals surface area (Å²) in [6.07, 6.45) is 8.07. The van der Waals surface area contributed by atoms with Gasteiger partial charge in [0.1, 0.15) is 30.1 Å². The molecule has 3 aromatic rings. The molecule has 3 fully saturated rings. The molecule has 2 saturated heterocycles. The summed E-state index contributed by atoms with van der Waals surface area (Å²) in [4.78, 5) is 11.2. The molecule has 2 aromatic heterocycles. The van der Waals surface area contributed by atoms with Crippen LogP contribution in [-0.2, 0) is 14.6 Å². The second kappa shape index (κ2) is 9.64. The Bertz CT molecular complexity index is 1330. The number of nitrogens with two attached hydrogens (primary N) is 1. The van der Waals surface area contributed by atoms with Crippen LogP contribution in [0.15, 0.2) is 36.8 Å². The monoisotopic (exact) mass is 511 g/mol. The normalized spacial score (nSPS) is 26.2. The summed E-state index contributed by atoms with van der Waals surface area (Å²) in [6, 6.07) is 8.43. The molecule has 1 saturated carbocycles. The van der Waals surface area contributed by atoms with E-state index >= 15 is 0 Å². The maximum atomic E-state index is 11.7. The summed E-state index contributed by atoms with van der Waals surface area (Å²) in [6.45, 7) is 3.63. The van der Waals surface area contributed by atoms with Crippen LogP contribution >= 0.6 is 0 Å². The average molecular weight is 512 g/mol. The van der Waals surface area contributed by atoms with Crippen LogP contribution in [0.25, 0.3) is 22.2 Å². The van der Waals surface area contributed by atoms with Gasteiger partial charge in [-0.1, -0.05) is 12.1 Å². The van der Waals surface area contributed by atoms with Gasteiger partial charge in [-0.05, 0) is 49.3 Å². The van der Waals surface area contributed by atoms with Crippen LogP contribution in [0.5, 0.6) is 5.75 Å². The van der Waals surface area contributed by atoms with Crippen LogP contribution in [0.2, 0.25) is 0 Å². The van der Waals surface area contributed by atoms with Crippen LogP contribution in [0, 0.1) is 5.92 Å². The summed E-state index contributed by atoms with van der Waals surface area (Å²) in [5, 5.41) is 0.874. The third-order valence-electron chi connectivity index (χ3n) is 7.80. The molecule has 3 aliphatic rings. The summed E-state index contributed by atoms with van der Waals surface area (Å²) < 4.78 is 37.4. The first-order valence-corrected chi connectivity index (χ1v) is 14.7. The van der Waals surface area contributed by atoms with Crippen LogP contribution in [0.3, 0.4) is 0 Å². The Morgan fingerprint density at radius 3 is 2.78 bits per heavy atom. The fourth-order valence-electron chi connectivity index (χ4n) is 5.70. The first kappa shape index (κ1) is 23.7. The molecule has 192 valence electrons. The van der Waals surface area contributed by atoms with E-state index < -0.39 is 9.84 Å². The van der Waals surface area contributed by atoms with Crippen molar-refractivity contribution in [1.82, 2.24) is 19.4 Å². The zero-order valence-electron chi connectivity index (χ0n) is 20.4. The average Bonchev–Trinajstić information content (AvgIpc) is 3.50. The van der Waals surface area contributed by atoms with Gasteiger partial charge < -0.3 is 24.7 Å². The predicted octanol–water partition coefficient (Wildman–Crippen LogP) is 2.92. The molecular formula is C26H33N5O4S. The van der Waals surface area contributed by atoms with E-state index in [1.54, 1.807) is 0 Å². The van der Waals surface area contributed by atoms with Gasteiger partial charge >= 0.3 is 0 Å². The highest BCUT2D eigenvalue weighted by molar-refractivity contribution is 7.91. The number of sulfone groups is 1. The number of benzene rings is 1. The standard InChI is InChI=1S/C26H33N5O4S/c27-25-24-23(19-3-1-4-21(13-19)35-16-22-5-2-8-34-22)15-31(26(24)29-17-28-25)20-11-18(12-20)14-30-6-9-36(32,33)10-7-30/h1,3-4,13,15,17-18,20,22H,2,5-12,14,16H2,(H2,27,28,29)/t18-,20+,22?. The van der Waals surface area contributed by atoms with Crippen molar-refractivity contribution in [1.29, 1.82) is 0 Å². The molecule has 10 heteroatoms. The molecule has 2 N–H and O–H groups in total. The van der Waals surface area contributed by atoms with Gasteiger partial charge in [0.05, 0.1) is 23.0 Å². The number of nitrogens with zero attached hydrogens (tertiary/aromatic N) is 4. The van der Waals surface area contributed by atoms with E-state index in [2.05, 4.69) is 37.8 Å². The van der Waals surface area contributed by atoms with Crippen molar-refractivity contribution in [2.45, 2.75) is 37.8 Å². The third-order valence-corrected chi connectivity index (χ3v) is 9.41. The maximum absolute atomic E-state index is 11.7. The Hall–Kier alpha value is -2.69. The summed E-state index contributed by atoms with van der Waals surface area (Å²) in [5.41, 5.74) is 9.24. The highest BCUT2D eigenvalue weighted by atomic mass is 32.2. The highest BCUT2D eigenvalue weighted by Crippen LogP contribution is 2.43. The molecule has 1 atom stereocenters. The van der Waals surface area contributed by atoms with Crippen molar-refractivity contribution in [2.24, 2.45) is 5.92 Å². The Labute approximate surface area is 211 Å². The SMILES string of the molecule is Nc1ncnc2c1c(-c1cccc(OCC3CCCO3)c1)cn2[C@H]1C[C@@H](CN2CCS(=O)(=O)CC2)C1. The van der Waals surface area contributed by atoms with E-state index in [-0.39, 0.29) is 17.6 Å². The Morgan fingerprint density at radius 2 is 2.00 bits per heavy atom. The van der Waals surface area contributed by atoms with E-state index in [0.717, 1.165) is 66.7 Å². The number of anilines is 1. The molecule has 2 aliphatic heterocycles. The number of fused-ring (bicyclic) bond motifs is 1. The minimum Gasteiger partial charge on any atom is -0.491 e. The second-order valence-electron chi connectivity index (χ2n) is 10.3. The molecule has 9 nitrogen and oxygen atoms in total. The topological polar surface area (TPSA) is 113 Å². The van der Waals surface area contributed by atoms with Gasteiger partial charge in [-0.15, -0.1) is 0 Å². The molecule has 1 aliphatic carbocycles. The predicted molar refractivity (Wildman–Crippen MR) is 139 cm³/mol. The molecular weight excluding hydrogens is 478 g/mol. The minimum atomic E-state index is -2.84. The van der Waals surface area contributed by atoms with Crippen molar-refractivity contribution in [3.8, 4) is 16.9 Å². The van der Waals surface area contributed by atoms with Crippen LogP contribution in [-0.4, -0.2) is 78.3 Å². The fraction of sp³-hybridized carbons (Fsp3) is 0.538. The smallest absolute Gasteiger partial charge is 0.152 e. The number of aromatic nitrogens is 3. The van der Waals surface area contributed by atoms with Crippen molar-refractivity contribution in [2.75, 3.05) is 50.1 Å². The molecule has 36 heavy (non-hydrogen) atoms. The second-order valence-corrected chi connectivity index (χ2v) is 12.6. The van der Waals surface area contributed by atoms with Gasteiger partial charge in [0.2, 0.25) is 0 Å². The Morgan fingerprint density at radius 1 is 1.17 bits per heavy atom. The molecule has 0 spiro atoms. The lowest BCUT2D eigenvalue weighted by Gasteiger charge is -2.40. The summed E-state index contributed by atoms with van der Waals surface area (Å²) in [5.74, 6) is 2.41. The van der Waals surface area contributed by atoms with E-state index in [4.69, 9.17) is 15.2 Å². The van der Waals surface area contributed by atoms with E-state index in [9.17, 15) is 8.42 Å². The van der Waals surface area contributed by atoms with Gasteiger partial charge in [-0.3, -0.25) is 0 Å². The number of hydrogen-bond acceptors (Lipinski definition) is 8. The van der Waals surface area contributed by atoms with Crippen LogP contribution < -0.4 is 10.5 Å². The largest absolute Gasteiger partial charge is 0.491 e. The third kappa shape index (κ3) is 4.81. The van der Waals surface area contributed by atoms with Crippen molar-refractivity contribution >= 4 is 26.7 Å². The molecule has 1 aromatic carbocycles. The zero-order valence-corrected chi connectivity index (χ0v) is 21.2. The number of hydrogen-bond donors (Lipinski definition) is 1. The van der Waals surface area contributed by atoms with E-state index in [0.29, 0.717) is 37.5 Å². The Kier molecular flexibility index (Phi) is 6.35. The Balaban J connectivity index is 1.19. The van der Waals surface area contributed by atoms with Crippen molar-refractivity contribution in [3.05, 3.63) is 36.8 Å². The van der Waals surface area contributed by atoms with Gasteiger partial charge in [-0.2, -0.15) is 0 Å². The number of rotatable bonds is 7. The lowest BCUT2D eigenvalue weighted by molar-refractivity contribution is 0.0680. The molecule has 6 rings (SSSR count). The first-order chi connectivity index (χ1) is 17.4. The molecule has 0 radical (unpaired) electrons. The minimum absolute atomic E-state index is 0.167. The van der Waals surface area contributed by atoms with E-state index in [1.165, 1.54) is 6.33 Å². The summed E-state index contributed by atoms with van der Waals surface area (Å²) in [7, 11) is -2.84. The van der Waals surface area contributed by atoms with Gasteiger partial charge in [-0.25, -0.2) is 18.4 Å². The van der Waals surface area contributed by atoms with Gasteiger partial charge in [0.25, 0.3) is 0 Å². The summed E-state index contributed by atoms with van der Waals surface area (Å²) >= 11 is 0. The zero-order chi connectivity index (χ0) is 24.7. The first-order valence-electron chi connectivity index (χ1n) is 12.8. The molecule has 0 bridgehead atoms. The molecule has 1 unspecified atom stereocenters. The van der Waals surface area contributed by atoms with Gasteiger partial charge in [0, 0.05) is 44.0 Å². The van der Waals surface area contributed by atoms with E-state index in [1.807, 2.05) is 12.1 Å². The quantitative estimate of drug-likeness (QED) is 0.515. The lowest BCUT2D eigenvalue weighted by atomic mass is 9.79. The fourth-order valence-corrected chi connectivity index (χ4v) is 6.98. The molecule has 0 amide bonds.